The quantitative estimate of drug-likeness (QED) is 0.718. The van der Waals surface area contributed by atoms with Gasteiger partial charge in [0, 0.05) is 44.0 Å². The van der Waals surface area contributed by atoms with Gasteiger partial charge in [-0.2, -0.15) is 5.26 Å². The molecule has 0 N–H and O–H groups in total. The second-order valence-corrected chi connectivity index (χ2v) is 8.36. The summed E-state index contributed by atoms with van der Waals surface area (Å²) in [5.74, 6) is 1.12. The fraction of sp³-hybridized carbons (Fsp3) is 0.400. The number of hydrogen-bond donors (Lipinski definition) is 0. The van der Waals surface area contributed by atoms with E-state index in [0.29, 0.717) is 36.2 Å². The summed E-state index contributed by atoms with van der Waals surface area (Å²) < 4.78 is 5.75. The van der Waals surface area contributed by atoms with Crippen LogP contribution in [0.2, 0.25) is 5.02 Å². The highest BCUT2D eigenvalue weighted by Gasteiger charge is 2.55. The lowest BCUT2D eigenvalue weighted by Gasteiger charge is -2.60. The minimum atomic E-state index is -0.130. The van der Waals surface area contributed by atoms with Crippen LogP contribution in [0.5, 0.6) is 5.75 Å². The number of amides is 2. The molecule has 148 valence electrons. The lowest BCUT2D eigenvalue weighted by Crippen LogP contribution is -2.74. The summed E-state index contributed by atoms with van der Waals surface area (Å²) in [6, 6.07) is 7.08. The Labute approximate surface area is 173 Å². The van der Waals surface area contributed by atoms with Crippen LogP contribution in [0, 0.1) is 16.7 Å². The van der Waals surface area contributed by atoms with Crippen molar-refractivity contribution in [3.05, 3.63) is 41.2 Å². The van der Waals surface area contributed by atoms with Gasteiger partial charge in [-0.05, 0) is 25.1 Å². The first-order valence-corrected chi connectivity index (χ1v) is 9.85. The number of urea groups is 1. The van der Waals surface area contributed by atoms with Crippen LogP contribution < -0.4 is 14.5 Å². The molecular weight excluding hydrogens is 392 g/mol. The van der Waals surface area contributed by atoms with E-state index in [1.54, 1.807) is 35.5 Å². The molecule has 2 saturated heterocycles. The molecule has 29 heavy (non-hydrogen) atoms. The number of ether oxygens (including phenoxy) is 1. The van der Waals surface area contributed by atoms with Crippen LogP contribution >= 0.6 is 11.6 Å². The van der Waals surface area contributed by atoms with Crippen molar-refractivity contribution in [3.8, 4) is 11.8 Å². The number of hydrogen-bond acceptors (Lipinski definition) is 6. The maximum atomic E-state index is 13.3. The highest BCUT2D eigenvalue weighted by Crippen LogP contribution is 2.44. The smallest absolute Gasteiger partial charge is 0.325 e. The number of nitrogens with zero attached hydrogens (tertiary/aromatic N) is 6. The van der Waals surface area contributed by atoms with E-state index in [1.807, 2.05) is 11.8 Å². The van der Waals surface area contributed by atoms with Gasteiger partial charge in [0.25, 0.3) is 0 Å². The van der Waals surface area contributed by atoms with Crippen LogP contribution in [-0.2, 0) is 0 Å². The van der Waals surface area contributed by atoms with Crippen molar-refractivity contribution in [2.24, 2.45) is 5.41 Å². The number of aromatic nitrogens is 2. The maximum absolute atomic E-state index is 13.3. The zero-order valence-electron chi connectivity index (χ0n) is 15.9. The van der Waals surface area contributed by atoms with E-state index < -0.39 is 0 Å². The molecule has 8 nitrogen and oxygen atoms in total. The third-order valence-corrected chi connectivity index (χ3v) is 6.10. The lowest BCUT2D eigenvalue weighted by atomic mass is 9.73. The van der Waals surface area contributed by atoms with Gasteiger partial charge in [0.2, 0.25) is 5.95 Å². The summed E-state index contributed by atoms with van der Waals surface area (Å²) in [6.45, 7) is 5.37. The molecule has 0 radical (unpaired) electrons. The second-order valence-electron chi connectivity index (χ2n) is 7.96. The van der Waals surface area contributed by atoms with Crippen molar-refractivity contribution in [2.45, 2.75) is 13.0 Å². The fourth-order valence-corrected chi connectivity index (χ4v) is 4.60. The van der Waals surface area contributed by atoms with E-state index in [1.165, 1.54) is 0 Å². The molecule has 9 heteroatoms. The van der Waals surface area contributed by atoms with Crippen molar-refractivity contribution < 1.29 is 9.53 Å². The number of carbonyl (C=O) groups excluding carboxylic acids is 1. The van der Waals surface area contributed by atoms with Gasteiger partial charge in [0.05, 0.1) is 16.8 Å². The Bertz CT molecular complexity index is 1010. The zero-order chi connectivity index (χ0) is 20.2. The van der Waals surface area contributed by atoms with E-state index in [9.17, 15) is 10.1 Å². The number of rotatable bonds is 1. The van der Waals surface area contributed by atoms with Crippen molar-refractivity contribution in [1.82, 2.24) is 14.9 Å². The molecule has 2 fully saturated rings. The SMILES string of the molecule is CC1COc2c(ccc(Cl)c2C#N)N1C(=O)N1CC2(C1)CN(c1ncccn1)C2. The van der Waals surface area contributed by atoms with E-state index in [2.05, 4.69) is 20.9 Å². The predicted octanol–water partition coefficient (Wildman–Crippen LogP) is 2.53. The van der Waals surface area contributed by atoms with Gasteiger partial charge in [-0.3, -0.25) is 4.90 Å². The fourth-order valence-electron chi connectivity index (χ4n) is 4.41. The Hall–Kier alpha value is -3.05. The van der Waals surface area contributed by atoms with E-state index in [4.69, 9.17) is 16.3 Å². The Morgan fingerprint density at radius 2 is 2.00 bits per heavy atom. The summed E-state index contributed by atoms with van der Waals surface area (Å²) in [7, 11) is 0. The number of halogens is 1. The van der Waals surface area contributed by atoms with Gasteiger partial charge in [0.1, 0.15) is 18.2 Å². The molecule has 0 bridgehead atoms. The van der Waals surface area contributed by atoms with Gasteiger partial charge in [-0.15, -0.1) is 0 Å². The van der Waals surface area contributed by atoms with Crippen LogP contribution in [0.3, 0.4) is 0 Å². The van der Waals surface area contributed by atoms with Crippen molar-refractivity contribution in [2.75, 3.05) is 42.6 Å². The number of carbonyl (C=O) groups is 1. The van der Waals surface area contributed by atoms with Gasteiger partial charge in [0.15, 0.2) is 5.75 Å². The molecule has 1 aromatic carbocycles. The lowest BCUT2D eigenvalue weighted by molar-refractivity contribution is 0.00814. The number of benzene rings is 1. The highest BCUT2D eigenvalue weighted by atomic mass is 35.5. The minimum Gasteiger partial charge on any atom is -0.488 e. The molecule has 1 aromatic heterocycles. The molecule has 0 aliphatic carbocycles. The minimum absolute atomic E-state index is 0.0618. The van der Waals surface area contributed by atoms with E-state index >= 15 is 0 Å². The molecule has 1 atom stereocenters. The van der Waals surface area contributed by atoms with E-state index in [0.717, 1.165) is 19.0 Å². The van der Waals surface area contributed by atoms with Crippen molar-refractivity contribution in [1.29, 1.82) is 5.26 Å². The topological polar surface area (TPSA) is 85.6 Å². The summed E-state index contributed by atoms with van der Waals surface area (Å²) in [4.78, 5) is 27.5. The Kier molecular flexibility index (Phi) is 4.03. The molecule has 0 saturated carbocycles. The first-order chi connectivity index (χ1) is 14.0. The van der Waals surface area contributed by atoms with Crippen LogP contribution in [0.1, 0.15) is 12.5 Å². The summed E-state index contributed by atoms with van der Waals surface area (Å²) >= 11 is 6.12. The molecule has 3 aliphatic rings. The summed E-state index contributed by atoms with van der Waals surface area (Å²) in [5, 5.41) is 9.74. The average molecular weight is 411 g/mol. The van der Waals surface area contributed by atoms with Crippen molar-refractivity contribution >= 4 is 29.3 Å². The third-order valence-electron chi connectivity index (χ3n) is 5.78. The molecule has 5 rings (SSSR count). The molecule has 1 spiro atoms. The van der Waals surface area contributed by atoms with E-state index in [-0.39, 0.29) is 23.1 Å². The standard InChI is InChI=1S/C20H19ClN6O2/c1-13-8-29-17-14(7-22)15(21)3-4-16(17)27(13)19(28)26-11-20(12-26)9-25(10-20)18-23-5-2-6-24-18/h2-6,13H,8-12H2,1H3. The van der Waals surface area contributed by atoms with Crippen LogP contribution in [-0.4, -0.2) is 59.7 Å². The normalized spacial score (nSPS) is 21.6. The molecule has 2 aromatic rings. The number of anilines is 2. The first kappa shape index (κ1) is 18.0. The molecule has 3 aliphatic heterocycles. The molecule has 4 heterocycles. The van der Waals surface area contributed by atoms with Gasteiger partial charge >= 0.3 is 6.03 Å². The van der Waals surface area contributed by atoms with Crippen LogP contribution in [0.15, 0.2) is 30.6 Å². The largest absolute Gasteiger partial charge is 0.488 e. The average Bonchev–Trinajstić information content (AvgIpc) is 2.66. The first-order valence-electron chi connectivity index (χ1n) is 9.47. The summed E-state index contributed by atoms with van der Waals surface area (Å²) in [5.41, 5.74) is 0.986. The predicted molar refractivity (Wildman–Crippen MR) is 107 cm³/mol. The molecular formula is C20H19ClN6O2. The molecule has 1 unspecified atom stereocenters. The highest BCUT2D eigenvalue weighted by molar-refractivity contribution is 6.32. The second kappa shape index (κ2) is 6.49. The van der Waals surface area contributed by atoms with Crippen molar-refractivity contribution in [3.63, 3.8) is 0 Å². The number of fused-ring (bicyclic) bond motifs is 1. The Morgan fingerprint density at radius 1 is 1.28 bits per heavy atom. The number of nitriles is 1. The van der Waals surface area contributed by atoms with Gasteiger partial charge in [-0.25, -0.2) is 14.8 Å². The summed E-state index contributed by atoms with van der Waals surface area (Å²) in [6.07, 6.45) is 3.48. The monoisotopic (exact) mass is 410 g/mol. The maximum Gasteiger partial charge on any atom is 0.325 e. The third kappa shape index (κ3) is 2.76. The van der Waals surface area contributed by atoms with Crippen LogP contribution in [0.4, 0.5) is 16.4 Å². The van der Waals surface area contributed by atoms with Gasteiger partial charge < -0.3 is 14.5 Å². The zero-order valence-corrected chi connectivity index (χ0v) is 16.6. The number of likely N-dealkylation sites (tertiary alicyclic amines) is 1. The van der Waals surface area contributed by atoms with Gasteiger partial charge in [-0.1, -0.05) is 11.6 Å². The Morgan fingerprint density at radius 3 is 2.69 bits per heavy atom. The molecule has 2 amide bonds. The Balaban J connectivity index is 1.30. The van der Waals surface area contributed by atoms with Crippen LogP contribution in [0.25, 0.3) is 0 Å².